The van der Waals surface area contributed by atoms with Gasteiger partial charge in [-0.15, -0.1) is 0 Å². The normalized spacial score (nSPS) is 19.7. The van der Waals surface area contributed by atoms with Crippen molar-refractivity contribution >= 4 is 28.5 Å². The first-order chi connectivity index (χ1) is 11.2. The van der Waals surface area contributed by atoms with Crippen LogP contribution in [0, 0.1) is 0 Å². The Bertz CT molecular complexity index is 873. The number of rotatable bonds is 4. The minimum absolute atomic E-state index is 0.0456. The van der Waals surface area contributed by atoms with Gasteiger partial charge in [-0.25, -0.2) is 4.98 Å². The average Bonchev–Trinajstić information content (AvgIpc) is 3.19. The third-order valence-electron chi connectivity index (χ3n) is 4.30. The van der Waals surface area contributed by atoms with Crippen molar-refractivity contribution < 1.29 is 4.79 Å². The van der Waals surface area contributed by atoms with Gasteiger partial charge in [-0.2, -0.15) is 0 Å². The summed E-state index contributed by atoms with van der Waals surface area (Å²) in [5.74, 6) is 0.423. The van der Waals surface area contributed by atoms with Gasteiger partial charge >= 0.3 is 0 Å². The molecule has 4 nitrogen and oxygen atoms in total. The molecule has 5 heteroatoms. The van der Waals surface area contributed by atoms with Crippen molar-refractivity contribution in [3.05, 3.63) is 64.9 Å². The van der Waals surface area contributed by atoms with E-state index in [0.717, 1.165) is 28.0 Å². The van der Waals surface area contributed by atoms with Gasteiger partial charge in [-0.1, -0.05) is 23.7 Å². The molecule has 0 radical (unpaired) electrons. The first kappa shape index (κ1) is 14.3. The van der Waals surface area contributed by atoms with E-state index >= 15 is 0 Å². The van der Waals surface area contributed by atoms with Crippen LogP contribution in [0.3, 0.4) is 0 Å². The molecule has 2 heterocycles. The van der Waals surface area contributed by atoms with E-state index in [9.17, 15) is 4.79 Å². The highest BCUT2D eigenvalue weighted by Crippen LogP contribution is 2.41. The number of nitrogens with zero attached hydrogens (tertiary/aromatic N) is 1. The van der Waals surface area contributed by atoms with Crippen LogP contribution in [-0.2, 0) is 11.2 Å². The van der Waals surface area contributed by atoms with Gasteiger partial charge in [0.1, 0.15) is 5.65 Å². The number of amides is 1. The number of H-pyrrole nitrogens is 1. The highest BCUT2D eigenvalue weighted by molar-refractivity contribution is 6.30. The topological polar surface area (TPSA) is 57.8 Å². The summed E-state index contributed by atoms with van der Waals surface area (Å²) in [5, 5.41) is 4.85. The van der Waals surface area contributed by atoms with Crippen LogP contribution >= 0.6 is 11.6 Å². The summed E-state index contributed by atoms with van der Waals surface area (Å²) in [6.07, 6.45) is 4.94. The van der Waals surface area contributed by atoms with Crippen LogP contribution in [0.5, 0.6) is 0 Å². The largest absolute Gasteiger partial charge is 0.352 e. The van der Waals surface area contributed by atoms with Crippen molar-refractivity contribution in [3.63, 3.8) is 0 Å². The third kappa shape index (κ3) is 2.94. The van der Waals surface area contributed by atoms with E-state index < -0.39 is 0 Å². The molecule has 1 fully saturated rings. The number of hydrogen-bond acceptors (Lipinski definition) is 2. The number of aromatic amines is 1. The van der Waals surface area contributed by atoms with Crippen LogP contribution in [0.4, 0.5) is 0 Å². The molecule has 1 aliphatic carbocycles. The molecule has 0 aliphatic heterocycles. The molecule has 116 valence electrons. The van der Waals surface area contributed by atoms with E-state index in [1.165, 1.54) is 5.56 Å². The molecular weight excluding hydrogens is 310 g/mol. The van der Waals surface area contributed by atoms with Gasteiger partial charge in [0.2, 0.25) is 5.91 Å². The number of fused-ring (bicyclic) bond motifs is 1. The highest BCUT2D eigenvalue weighted by atomic mass is 35.5. The van der Waals surface area contributed by atoms with E-state index in [1.54, 1.807) is 6.20 Å². The second-order valence-electron chi connectivity index (χ2n) is 5.96. The molecule has 1 amide bonds. The lowest BCUT2D eigenvalue weighted by atomic mass is 10.1. The first-order valence-electron chi connectivity index (χ1n) is 7.66. The molecule has 1 aliphatic rings. The van der Waals surface area contributed by atoms with E-state index in [1.807, 2.05) is 36.5 Å². The molecular formula is C18H16ClN3O. The fourth-order valence-corrected chi connectivity index (χ4v) is 3.25. The van der Waals surface area contributed by atoms with Crippen LogP contribution in [0.1, 0.15) is 23.5 Å². The van der Waals surface area contributed by atoms with Gasteiger partial charge in [0, 0.05) is 34.8 Å². The minimum Gasteiger partial charge on any atom is -0.352 e. The first-order valence-corrected chi connectivity index (χ1v) is 8.04. The van der Waals surface area contributed by atoms with Crippen LogP contribution in [0.2, 0.25) is 5.02 Å². The summed E-state index contributed by atoms with van der Waals surface area (Å²) in [6.45, 7) is 0. The monoisotopic (exact) mass is 325 g/mol. The summed E-state index contributed by atoms with van der Waals surface area (Å²) in [6, 6.07) is 11.9. The second kappa shape index (κ2) is 5.70. The maximum atomic E-state index is 12.3. The Kier molecular flexibility index (Phi) is 3.54. The fourth-order valence-electron chi connectivity index (χ4n) is 3.05. The van der Waals surface area contributed by atoms with Gasteiger partial charge in [0.05, 0.1) is 6.42 Å². The zero-order chi connectivity index (χ0) is 15.8. The Morgan fingerprint density at radius 2 is 2.26 bits per heavy atom. The molecule has 0 spiro atoms. The Balaban J connectivity index is 1.40. The van der Waals surface area contributed by atoms with Crippen LogP contribution in [0.15, 0.2) is 48.8 Å². The Morgan fingerprint density at radius 1 is 1.35 bits per heavy atom. The molecule has 0 bridgehead atoms. The van der Waals surface area contributed by atoms with E-state index in [-0.39, 0.29) is 11.9 Å². The number of benzene rings is 1. The van der Waals surface area contributed by atoms with E-state index in [4.69, 9.17) is 11.6 Å². The van der Waals surface area contributed by atoms with Gasteiger partial charge in [-0.3, -0.25) is 4.79 Å². The molecule has 2 unspecified atom stereocenters. The van der Waals surface area contributed by atoms with E-state index in [0.29, 0.717) is 12.3 Å². The van der Waals surface area contributed by atoms with Gasteiger partial charge in [0.25, 0.3) is 0 Å². The lowest BCUT2D eigenvalue weighted by molar-refractivity contribution is -0.120. The van der Waals surface area contributed by atoms with Crippen molar-refractivity contribution in [2.24, 2.45) is 0 Å². The number of aromatic nitrogens is 2. The molecule has 23 heavy (non-hydrogen) atoms. The molecule has 2 atom stereocenters. The number of halogens is 1. The molecule has 2 N–H and O–H groups in total. The summed E-state index contributed by atoms with van der Waals surface area (Å²) in [5.41, 5.74) is 2.99. The molecule has 2 aromatic heterocycles. The van der Waals surface area contributed by atoms with Gasteiger partial charge < -0.3 is 10.3 Å². The summed E-state index contributed by atoms with van der Waals surface area (Å²) in [4.78, 5) is 19.6. The lowest BCUT2D eigenvalue weighted by Gasteiger charge is -2.05. The molecule has 1 saturated carbocycles. The summed E-state index contributed by atoms with van der Waals surface area (Å²) < 4.78 is 0. The van der Waals surface area contributed by atoms with Gasteiger partial charge in [-0.05, 0) is 41.8 Å². The van der Waals surface area contributed by atoms with Crippen LogP contribution < -0.4 is 5.32 Å². The molecule has 0 saturated heterocycles. The minimum atomic E-state index is 0.0456. The standard InChI is InChI=1S/C18H16ClN3O/c19-13-4-1-3-11(7-13)15-9-16(15)22-17(23)8-12-10-21-18-14(12)5-2-6-20-18/h1-7,10,15-16H,8-9H2,(H,20,21)(H,22,23). The number of carbonyl (C=O) groups is 1. The molecule has 4 rings (SSSR count). The second-order valence-corrected chi connectivity index (χ2v) is 6.40. The van der Waals surface area contributed by atoms with Crippen LogP contribution in [-0.4, -0.2) is 21.9 Å². The Labute approximate surface area is 138 Å². The van der Waals surface area contributed by atoms with Crippen molar-refractivity contribution in [1.82, 2.24) is 15.3 Å². The predicted octanol–water partition coefficient (Wildman–Crippen LogP) is 3.43. The van der Waals surface area contributed by atoms with Crippen LogP contribution in [0.25, 0.3) is 11.0 Å². The highest BCUT2D eigenvalue weighted by Gasteiger charge is 2.39. The summed E-state index contributed by atoms with van der Waals surface area (Å²) >= 11 is 6.02. The zero-order valence-corrected chi connectivity index (χ0v) is 13.2. The number of carbonyl (C=O) groups excluding carboxylic acids is 1. The van der Waals surface area contributed by atoms with Crippen molar-refractivity contribution in [1.29, 1.82) is 0 Å². The van der Waals surface area contributed by atoms with Crippen molar-refractivity contribution in [3.8, 4) is 0 Å². The van der Waals surface area contributed by atoms with Crippen molar-refractivity contribution in [2.45, 2.75) is 24.8 Å². The maximum absolute atomic E-state index is 12.3. The average molecular weight is 326 g/mol. The number of nitrogens with one attached hydrogen (secondary N) is 2. The van der Waals surface area contributed by atoms with Gasteiger partial charge in [0.15, 0.2) is 0 Å². The smallest absolute Gasteiger partial charge is 0.224 e. The lowest BCUT2D eigenvalue weighted by Crippen LogP contribution is -2.28. The van der Waals surface area contributed by atoms with Crippen molar-refractivity contribution in [2.75, 3.05) is 0 Å². The Hall–Kier alpha value is -2.33. The quantitative estimate of drug-likeness (QED) is 0.772. The SMILES string of the molecule is O=C(Cc1c[nH]c2ncccc12)NC1CC1c1cccc(Cl)c1. The predicted molar refractivity (Wildman–Crippen MR) is 90.5 cm³/mol. The zero-order valence-electron chi connectivity index (χ0n) is 12.4. The fraction of sp³-hybridized carbons (Fsp3) is 0.222. The van der Waals surface area contributed by atoms with E-state index in [2.05, 4.69) is 21.4 Å². The number of pyridine rings is 1. The molecule has 3 aromatic rings. The maximum Gasteiger partial charge on any atom is 0.224 e. The molecule has 1 aromatic carbocycles. The number of hydrogen-bond donors (Lipinski definition) is 2. The third-order valence-corrected chi connectivity index (χ3v) is 4.54. The summed E-state index contributed by atoms with van der Waals surface area (Å²) in [7, 11) is 0. The Morgan fingerprint density at radius 3 is 3.13 bits per heavy atom.